The molecule has 3 amide bonds. The Hall–Kier alpha value is -8.02. The largest absolute Gasteiger partial charge is 0.514 e. The van der Waals surface area contributed by atoms with E-state index < -0.39 is 96.4 Å². The van der Waals surface area contributed by atoms with Crippen molar-refractivity contribution in [1.29, 1.82) is 0 Å². The number of methoxy groups -OCH3 is 2. The zero-order chi connectivity index (χ0) is 57.4. The van der Waals surface area contributed by atoms with Crippen LogP contribution in [-0.2, 0) is 33.7 Å². The highest BCUT2D eigenvalue weighted by atomic mass is 32.2. The predicted octanol–water partition coefficient (Wildman–Crippen LogP) is 11.4. The number of hydrogen-bond acceptors (Lipinski definition) is 19. The highest BCUT2D eigenvalue weighted by molar-refractivity contribution is 7.89. The highest BCUT2D eigenvalue weighted by Gasteiger charge is 2.38. The minimum atomic E-state index is -4.67. The Bertz CT molecular complexity index is 3340. The van der Waals surface area contributed by atoms with E-state index in [-0.39, 0.29) is 50.4 Å². The molecular formula is C52H64N6O17S. The summed E-state index contributed by atoms with van der Waals surface area (Å²) in [7, 11) is -1.28. The molecule has 1 heterocycles. The van der Waals surface area contributed by atoms with Crippen molar-refractivity contribution < 1.29 is 75.1 Å². The molecule has 76 heavy (non-hydrogen) atoms. The van der Waals surface area contributed by atoms with Crippen molar-refractivity contribution in [1.82, 2.24) is 13.4 Å². The number of carbonyl (C=O) groups excluding carboxylic acids is 6. The molecule has 0 unspecified atom stereocenters. The number of rotatable bonds is 9. The summed E-state index contributed by atoms with van der Waals surface area (Å²) in [6, 6.07) is 13.4. The van der Waals surface area contributed by atoms with Crippen LogP contribution in [0.1, 0.15) is 114 Å². The normalized spacial score (nSPS) is 12.5. The molecule has 0 atom stereocenters. The Morgan fingerprint density at radius 2 is 1.09 bits per heavy atom. The maximum Gasteiger partial charge on any atom is 0.514 e. The van der Waals surface area contributed by atoms with E-state index in [1.165, 1.54) is 53.2 Å². The van der Waals surface area contributed by atoms with Gasteiger partial charge in [-0.05, 0) is 134 Å². The number of anilines is 1. The molecule has 5 rings (SSSR count). The van der Waals surface area contributed by atoms with Gasteiger partial charge in [0.25, 0.3) is 15.9 Å². The molecule has 0 aliphatic rings. The van der Waals surface area contributed by atoms with Gasteiger partial charge in [0, 0.05) is 24.6 Å². The van der Waals surface area contributed by atoms with E-state index in [1.807, 2.05) is 0 Å². The molecule has 410 valence electrons. The van der Waals surface area contributed by atoms with Gasteiger partial charge in [0.05, 0.1) is 36.5 Å². The molecule has 1 aromatic heterocycles. The molecule has 0 bridgehead atoms. The number of sulfonamides is 1. The second-order valence-electron chi connectivity index (χ2n) is 21.9. The summed E-state index contributed by atoms with van der Waals surface area (Å²) in [5.74, 6) is -2.35. The lowest BCUT2D eigenvalue weighted by Gasteiger charge is -2.27. The van der Waals surface area contributed by atoms with E-state index in [1.54, 1.807) is 107 Å². The second-order valence-corrected chi connectivity index (χ2v) is 23.9. The Kier molecular flexibility index (Phi) is 16.5. The Labute approximate surface area is 439 Å². The first-order valence-electron chi connectivity index (χ1n) is 23.5. The number of hydrogen-bond donors (Lipinski definition) is 0. The van der Waals surface area contributed by atoms with Gasteiger partial charge in [-0.25, -0.2) is 46.4 Å². The summed E-state index contributed by atoms with van der Waals surface area (Å²) < 4.78 is 73.8. The van der Waals surface area contributed by atoms with Gasteiger partial charge in [0.15, 0.2) is 5.75 Å². The molecule has 0 N–H and O–H groups in total. The Balaban J connectivity index is 1.84. The highest BCUT2D eigenvalue weighted by Crippen LogP contribution is 2.45. The predicted molar refractivity (Wildman–Crippen MR) is 278 cm³/mol. The van der Waals surface area contributed by atoms with Crippen molar-refractivity contribution in [3.63, 3.8) is 0 Å². The summed E-state index contributed by atoms with van der Waals surface area (Å²) in [6.07, 6.45) is -6.17. The van der Waals surface area contributed by atoms with E-state index in [0.717, 1.165) is 25.2 Å². The summed E-state index contributed by atoms with van der Waals surface area (Å²) in [6.45, 7) is 23.4. The van der Waals surface area contributed by atoms with Crippen LogP contribution in [-0.4, -0.2) is 108 Å². The maximum atomic E-state index is 15.6. The van der Waals surface area contributed by atoms with E-state index in [0.29, 0.717) is 18.3 Å². The monoisotopic (exact) mass is 1080 g/mol. The molecule has 0 radical (unpaired) electrons. The van der Waals surface area contributed by atoms with Gasteiger partial charge >= 0.3 is 36.2 Å². The summed E-state index contributed by atoms with van der Waals surface area (Å²) >= 11 is 0. The number of fused-ring (bicyclic) bond motifs is 2. The number of azo groups is 1. The lowest BCUT2D eigenvalue weighted by molar-refractivity contribution is 0.0204. The van der Waals surface area contributed by atoms with Crippen LogP contribution in [0.3, 0.4) is 0 Å². The summed E-state index contributed by atoms with van der Waals surface area (Å²) in [5, 5.41) is 9.34. The van der Waals surface area contributed by atoms with Gasteiger partial charge in [-0.3, -0.25) is 4.79 Å². The Morgan fingerprint density at radius 3 is 1.62 bits per heavy atom. The first kappa shape index (κ1) is 58.9. The van der Waals surface area contributed by atoms with Crippen molar-refractivity contribution in [3.05, 3.63) is 76.7 Å². The molecule has 0 spiro atoms. The van der Waals surface area contributed by atoms with Crippen LogP contribution in [0.5, 0.6) is 17.2 Å². The van der Waals surface area contributed by atoms with Gasteiger partial charge in [-0.15, -0.1) is 10.2 Å². The van der Waals surface area contributed by atoms with Crippen molar-refractivity contribution in [3.8, 4) is 17.2 Å². The lowest BCUT2D eigenvalue weighted by atomic mass is 10.0. The number of amides is 3. The first-order valence-corrected chi connectivity index (χ1v) is 24.9. The second kappa shape index (κ2) is 21.3. The summed E-state index contributed by atoms with van der Waals surface area (Å²) in [4.78, 5) is 98.4. The molecule has 0 aliphatic heterocycles. The van der Waals surface area contributed by atoms with Gasteiger partial charge in [0.2, 0.25) is 0 Å². The van der Waals surface area contributed by atoms with Gasteiger partial charge in [-0.2, -0.15) is 9.13 Å². The molecule has 0 saturated carbocycles. The number of imide groups is 1. The first-order chi connectivity index (χ1) is 34.8. The van der Waals surface area contributed by atoms with Crippen LogP contribution in [0.15, 0.2) is 80.6 Å². The van der Waals surface area contributed by atoms with Crippen LogP contribution < -0.4 is 24.8 Å². The van der Waals surface area contributed by atoms with Crippen LogP contribution in [0.2, 0.25) is 0 Å². The van der Waals surface area contributed by atoms with Crippen LogP contribution >= 0.6 is 0 Å². The van der Waals surface area contributed by atoms with E-state index in [9.17, 15) is 37.2 Å². The molecule has 23 nitrogen and oxygen atoms in total. The molecular weight excluding hydrogens is 1010 g/mol. The molecule has 5 aromatic rings. The zero-order valence-corrected chi connectivity index (χ0v) is 46.6. The number of imidazole rings is 1. The smallest absolute Gasteiger partial charge is 0.495 e. The number of benzene rings is 4. The van der Waals surface area contributed by atoms with E-state index in [2.05, 4.69) is 10.2 Å². The van der Waals surface area contributed by atoms with Crippen molar-refractivity contribution in [2.45, 2.75) is 137 Å². The third kappa shape index (κ3) is 13.8. The minimum Gasteiger partial charge on any atom is -0.495 e. The molecule has 0 saturated heterocycles. The fourth-order valence-corrected chi connectivity index (χ4v) is 8.04. The molecule has 0 fully saturated rings. The molecule has 24 heteroatoms. The van der Waals surface area contributed by atoms with E-state index in [4.69, 9.17) is 37.9 Å². The van der Waals surface area contributed by atoms with Crippen LogP contribution in [0.4, 0.5) is 41.0 Å². The third-order valence-corrected chi connectivity index (χ3v) is 11.6. The van der Waals surface area contributed by atoms with Gasteiger partial charge in [0.1, 0.15) is 55.8 Å². The fraction of sp³-hybridized carbons (Fsp3) is 0.442. The SMILES string of the molecule is COc1cc(S(=O)(=O)N(C)C(=O)OC(C)(C)C)c(OC)cc1N=Nc1c(OC(=O)OC(C)(C)C)c(C(=O)N(C(=O)OC(C)(C)C)c2ccc3c(c2)n(C(=O)OC(C)(C)C)c(=O)n3C(=O)OC(C)(C)C)cc2ccccc12. The topological polar surface area (TPSA) is 269 Å². The van der Waals surface area contributed by atoms with Gasteiger partial charge < -0.3 is 37.9 Å². The van der Waals surface area contributed by atoms with Crippen molar-refractivity contribution in [2.24, 2.45) is 10.2 Å². The molecule has 4 aromatic carbocycles. The third-order valence-electron chi connectivity index (χ3n) is 9.81. The lowest BCUT2D eigenvalue weighted by Crippen LogP contribution is -2.41. The standard InChI is InChI=1S/C52H64N6O17S/c1-48(2,3)71-43(61)55(16)76(66,67)38-28-36(68-17)33(27-37(38)69-18)53-54-39-31-22-20-19-21-29(31)25-32(40(39)70-47(65)75-52(13,14)15)41(59)56(44(62)72-49(4,5)6)30-23-24-34-35(26-30)58(46(64)74-51(10,11)12)42(60)57(34)45(63)73-50(7,8)9/h19-28H,1-18H3. The quantitative estimate of drug-likeness (QED) is 0.0574. The number of nitrogens with zero attached hydrogens (tertiary/aromatic N) is 6. The zero-order valence-electron chi connectivity index (χ0n) is 45.8. The molecule has 0 aliphatic carbocycles. The van der Waals surface area contributed by atoms with Gasteiger partial charge in [-0.1, -0.05) is 24.3 Å². The average Bonchev–Trinajstić information content (AvgIpc) is 3.55. The van der Waals surface area contributed by atoms with Crippen LogP contribution in [0, 0.1) is 0 Å². The van der Waals surface area contributed by atoms with Crippen molar-refractivity contribution in [2.75, 3.05) is 26.2 Å². The van der Waals surface area contributed by atoms with E-state index >= 15 is 4.79 Å². The maximum absolute atomic E-state index is 15.6. The minimum absolute atomic E-state index is 0.166. The Morgan fingerprint density at radius 1 is 0.579 bits per heavy atom. The average molecular weight is 1080 g/mol. The van der Waals surface area contributed by atoms with Crippen LogP contribution in [0.25, 0.3) is 21.8 Å². The number of aromatic nitrogens is 2. The van der Waals surface area contributed by atoms with Crippen molar-refractivity contribution >= 4 is 85.3 Å². The summed E-state index contributed by atoms with van der Waals surface area (Å²) in [5.41, 5.74) is -8.68. The number of carbonyl (C=O) groups is 6. The number of ether oxygens (including phenoxy) is 8. The fourth-order valence-electron chi connectivity index (χ4n) is 6.86.